The van der Waals surface area contributed by atoms with Crippen molar-refractivity contribution >= 4 is 0 Å². The van der Waals surface area contributed by atoms with E-state index in [-0.39, 0.29) is 0 Å². The molecule has 0 aromatic heterocycles. The van der Waals surface area contributed by atoms with Gasteiger partial charge in [-0.05, 0) is 54.9 Å². The summed E-state index contributed by atoms with van der Waals surface area (Å²) < 4.78 is 0. The molecule has 0 bridgehead atoms. The molecule has 1 fully saturated rings. The highest BCUT2D eigenvalue weighted by atomic mass is 14.6. The van der Waals surface area contributed by atoms with Gasteiger partial charge in [0.15, 0.2) is 0 Å². The van der Waals surface area contributed by atoms with Crippen LogP contribution < -0.4 is 5.73 Å². The molecule has 1 aliphatic rings. The van der Waals surface area contributed by atoms with E-state index in [0.29, 0.717) is 10.8 Å². The van der Waals surface area contributed by atoms with Crippen LogP contribution in [-0.2, 0) is 0 Å². The van der Waals surface area contributed by atoms with Gasteiger partial charge in [0.25, 0.3) is 0 Å². The van der Waals surface area contributed by atoms with E-state index < -0.39 is 0 Å². The van der Waals surface area contributed by atoms with Gasteiger partial charge in [-0.3, -0.25) is 0 Å². The Morgan fingerprint density at radius 1 is 1.24 bits per heavy atom. The highest BCUT2D eigenvalue weighted by Crippen LogP contribution is 2.49. The Morgan fingerprint density at radius 2 is 1.76 bits per heavy atom. The Labute approximate surface area is 109 Å². The molecule has 1 atom stereocenters. The summed E-state index contributed by atoms with van der Waals surface area (Å²) in [6.45, 7) is 12.8. The van der Waals surface area contributed by atoms with Gasteiger partial charge in [0.05, 0.1) is 0 Å². The van der Waals surface area contributed by atoms with Gasteiger partial charge in [-0.25, -0.2) is 0 Å². The van der Waals surface area contributed by atoms with Crippen LogP contribution in [0.3, 0.4) is 0 Å². The second-order valence-corrected chi connectivity index (χ2v) is 7.40. The van der Waals surface area contributed by atoms with Gasteiger partial charge >= 0.3 is 0 Å². The quantitative estimate of drug-likeness (QED) is 0.762. The van der Waals surface area contributed by atoms with Gasteiger partial charge < -0.3 is 5.73 Å². The molecule has 0 aromatic carbocycles. The summed E-state index contributed by atoms with van der Waals surface area (Å²) in [4.78, 5) is 0. The summed E-state index contributed by atoms with van der Waals surface area (Å²) in [5, 5.41) is 0. The third-order valence-corrected chi connectivity index (χ3v) is 5.38. The van der Waals surface area contributed by atoms with Crippen molar-refractivity contribution in [2.45, 2.75) is 73.1 Å². The lowest BCUT2D eigenvalue weighted by molar-refractivity contribution is 0.0484. The fourth-order valence-corrected chi connectivity index (χ4v) is 3.70. The molecule has 1 unspecified atom stereocenters. The summed E-state index contributed by atoms with van der Waals surface area (Å²) in [6.07, 6.45) is 8.12. The Kier molecular flexibility index (Phi) is 5.07. The van der Waals surface area contributed by atoms with Gasteiger partial charge in [-0.1, -0.05) is 47.5 Å². The maximum atomic E-state index is 6.12. The fraction of sp³-hybridized carbons (Fsp3) is 1.00. The third-order valence-electron chi connectivity index (χ3n) is 5.38. The molecule has 0 saturated heterocycles. The lowest BCUT2D eigenvalue weighted by Crippen LogP contribution is -2.42. The van der Waals surface area contributed by atoms with Crippen molar-refractivity contribution in [3.63, 3.8) is 0 Å². The Balaban J connectivity index is 2.63. The largest absolute Gasteiger partial charge is 0.330 e. The standard InChI is InChI=1S/C16H33N/c1-6-7-13(2)16(12-17)10-8-14(9-11-16)15(3,4)5/h13-14H,6-12,17H2,1-5H3. The second kappa shape index (κ2) is 5.73. The van der Waals surface area contributed by atoms with Crippen LogP contribution in [0.4, 0.5) is 0 Å². The van der Waals surface area contributed by atoms with Crippen LogP contribution >= 0.6 is 0 Å². The molecule has 1 heteroatoms. The minimum atomic E-state index is 0.456. The summed E-state index contributed by atoms with van der Waals surface area (Å²) in [7, 11) is 0. The zero-order valence-electron chi connectivity index (χ0n) is 12.7. The SMILES string of the molecule is CCCC(C)C1(CN)CCC(C(C)(C)C)CC1. The van der Waals surface area contributed by atoms with Crippen molar-refractivity contribution in [3.05, 3.63) is 0 Å². The summed E-state index contributed by atoms with van der Waals surface area (Å²) in [5.41, 5.74) is 7.06. The van der Waals surface area contributed by atoms with E-state index in [1.807, 2.05) is 0 Å². The molecule has 0 spiro atoms. The average molecular weight is 239 g/mol. The first-order chi connectivity index (χ1) is 7.85. The smallest absolute Gasteiger partial charge is 0.00180 e. The Morgan fingerprint density at radius 3 is 2.12 bits per heavy atom. The lowest BCUT2D eigenvalue weighted by Gasteiger charge is -2.47. The molecular formula is C16H33N. The highest BCUT2D eigenvalue weighted by molar-refractivity contribution is 4.92. The van der Waals surface area contributed by atoms with E-state index >= 15 is 0 Å². The van der Waals surface area contributed by atoms with Crippen molar-refractivity contribution in [1.82, 2.24) is 0 Å². The van der Waals surface area contributed by atoms with Crippen LogP contribution in [0.15, 0.2) is 0 Å². The average Bonchev–Trinajstić information content (AvgIpc) is 2.28. The lowest BCUT2D eigenvalue weighted by atomic mass is 9.59. The molecule has 17 heavy (non-hydrogen) atoms. The van der Waals surface area contributed by atoms with E-state index in [2.05, 4.69) is 34.6 Å². The molecule has 1 rings (SSSR count). The summed E-state index contributed by atoms with van der Waals surface area (Å²) >= 11 is 0. The first kappa shape index (κ1) is 15.0. The predicted octanol–water partition coefficient (Wildman–Crippen LogP) is 4.60. The third kappa shape index (κ3) is 3.47. The molecule has 0 aliphatic heterocycles. The van der Waals surface area contributed by atoms with Crippen molar-refractivity contribution in [2.75, 3.05) is 6.54 Å². The minimum Gasteiger partial charge on any atom is -0.330 e. The zero-order chi connectivity index (χ0) is 13.1. The molecule has 0 aromatic rings. The van der Waals surface area contributed by atoms with Crippen LogP contribution in [0.5, 0.6) is 0 Å². The number of rotatable bonds is 4. The van der Waals surface area contributed by atoms with Crippen LogP contribution in [0.1, 0.15) is 73.1 Å². The molecule has 0 heterocycles. The monoisotopic (exact) mass is 239 g/mol. The number of hydrogen-bond acceptors (Lipinski definition) is 1. The second-order valence-electron chi connectivity index (χ2n) is 7.40. The van der Waals surface area contributed by atoms with Gasteiger partial charge in [0.2, 0.25) is 0 Å². The molecular weight excluding hydrogens is 206 g/mol. The van der Waals surface area contributed by atoms with Gasteiger partial charge in [0.1, 0.15) is 0 Å². The number of nitrogens with two attached hydrogens (primary N) is 1. The molecule has 1 aliphatic carbocycles. The normalized spacial score (nSPS) is 32.5. The molecule has 0 radical (unpaired) electrons. The van der Waals surface area contributed by atoms with Gasteiger partial charge in [-0.2, -0.15) is 0 Å². The summed E-state index contributed by atoms with van der Waals surface area (Å²) in [6, 6.07) is 0. The first-order valence-corrected chi connectivity index (χ1v) is 7.56. The van der Waals surface area contributed by atoms with Gasteiger partial charge in [0, 0.05) is 0 Å². The van der Waals surface area contributed by atoms with Crippen molar-refractivity contribution < 1.29 is 0 Å². The molecule has 102 valence electrons. The van der Waals surface area contributed by atoms with Gasteiger partial charge in [-0.15, -0.1) is 0 Å². The van der Waals surface area contributed by atoms with Crippen LogP contribution in [0.25, 0.3) is 0 Å². The highest BCUT2D eigenvalue weighted by Gasteiger charge is 2.40. The van der Waals surface area contributed by atoms with E-state index in [1.165, 1.54) is 38.5 Å². The predicted molar refractivity (Wildman–Crippen MR) is 77.0 cm³/mol. The summed E-state index contributed by atoms with van der Waals surface area (Å²) in [5.74, 6) is 1.70. The molecule has 1 nitrogen and oxygen atoms in total. The molecule has 2 N–H and O–H groups in total. The molecule has 0 amide bonds. The Hall–Kier alpha value is -0.0400. The van der Waals surface area contributed by atoms with E-state index in [9.17, 15) is 0 Å². The van der Waals surface area contributed by atoms with E-state index in [1.54, 1.807) is 0 Å². The van der Waals surface area contributed by atoms with E-state index in [4.69, 9.17) is 5.73 Å². The fourth-order valence-electron chi connectivity index (χ4n) is 3.70. The Bertz CT molecular complexity index is 218. The van der Waals surface area contributed by atoms with E-state index in [0.717, 1.165) is 18.4 Å². The van der Waals surface area contributed by atoms with Crippen LogP contribution in [-0.4, -0.2) is 6.54 Å². The van der Waals surface area contributed by atoms with Crippen LogP contribution in [0.2, 0.25) is 0 Å². The topological polar surface area (TPSA) is 26.0 Å². The zero-order valence-corrected chi connectivity index (χ0v) is 12.7. The first-order valence-electron chi connectivity index (χ1n) is 7.56. The minimum absolute atomic E-state index is 0.456. The van der Waals surface area contributed by atoms with Crippen LogP contribution in [0, 0.1) is 22.7 Å². The van der Waals surface area contributed by atoms with Crippen molar-refractivity contribution in [2.24, 2.45) is 28.4 Å². The van der Waals surface area contributed by atoms with Crippen molar-refractivity contribution in [1.29, 1.82) is 0 Å². The maximum absolute atomic E-state index is 6.12. The molecule has 1 saturated carbocycles. The maximum Gasteiger partial charge on any atom is -0.00180 e. The van der Waals surface area contributed by atoms with Crippen molar-refractivity contribution in [3.8, 4) is 0 Å². The number of hydrogen-bond donors (Lipinski definition) is 1.